The van der Waals surface area contributed by atoms with Gasteiger partial charge in [-0.15, -0.1) is 0 Å². The maximum Gasteiger partial charge on any atom is 0.223 e. The highest BCUT2D eigenvalue weighted by Crippen LogP contribution is 2.32. The second kappa shape index (κ2) is 7.21. The van der Waals surface area contributed by atoms with Gasteiger partial charge in [-0.1, -0.05) is 41.9 Å². The molecule has 1 aromatic carbocycles. The Morgan fingerprint density at radius 3 is 2.62 bits per heavy atom. The van der Waals surface area contributed by atoms with Gasteiger partial charge >= 0.3 is 0 Å². The van der Waals surface area contributed by atoms with Crippen molar-refractivity contribution >= 4 is 28.6 Å². The Kier molecular flexibility index (Phi) is 4.71. The van der Waals surface area contributed by atoms with E-state index in [2.05, 4.69) is 9.97 Å². The Bertz CT molecular complexity index is 1220. The van der Waals surface area contributed by atoms with Gasteiger partial charge < -0.3 is 15.7 Å². The molecule has 0 radical (unpaired) electrons. The summed E-state index contributed by atoms with van der Waals surface area (Å²) in [5.74, 6) is 0.704. The summed E-state index contributed by atoms with van der Waals surface area (Å²) >= 11 is 6.39. The van der Waals surface area contributed by atoms with Gasteiger partial charge in [0.1, 0.15) is 23.1 Å². The number of rotatable bonds is 4. The lowest BCUT2D eigenvalue weighted by Crippen LogP contribution is -2.35. The summed E-state index contributed by atoms with van der Waals surface area (Å²) in [6, 6.07) is 9.58. The minimum atomic E-state index is 0.0384. The molecule has 0 unspecified atom stereocenters. The molecule has 2 N–H and O–H groups in total. The van der Waals surface area contributed by atoms with Crippen LogP contribution in [-0.2, 0) is 6.54 Å². The van der Waals surface area contributed by atoms with Gasteiger partial charge in [0.15, 0.2) is 11.8 Å². The van der Waals surface area contributed by atoms with Crippen molar-refractivity contribution in [3.8, 4) is 17.0 Å². The SMILES string of the molecule is COc1c(C)c[n+]([O-])c(Cn2nc(-c3ccccc3)c3c(Cl)nc(N)nc32)c1C. The Labute approximate surface area is 172 Å². The second-order valence-electron chi connectivity index (χ2n) is 6.69. The first-order chi connectivity index (χ1) is 13.9. The third kappa shape index (κ3) is 3.21. The fraction of sp³-hybridized carbons (Fsp3) is 0.200. The average molecular weight is 411 g/mol. The molecule has 0 fully saturated rings. The lowest BCUT2D eigenvalue weighted by molar-refractivity contribution is -0.615. The van der Waals surface area contributed by atoms with Crippen molar-refractivity contribution < 1.29 is 9.47 Å². The van der Waals surface area contributed by atoms with Crippen LogP contribution < -0.4 is 15.2 Å². The summed E-state index contributed by atoms with van der Waals surface area (Å²) in [5.41, 5.74) is 9.75. The number of nitrogen functional groups attached to an aromatic ring is 1. The maximum absolute atomic E-state index is 12.6. The molecule has 0 aliphatic carbocycles. The summed E-state index contributed by atoms with van der Waals surface area (Å²) in [6.07, 6.45) is 1.49. The number of fused-ring (bicyclic) bond motifs is 1. The number of nitrogens with two attached hydrogens (primary N) is 1. The molecule has 3 heterocycles. The van der Waals surface area contributed by atoms with E-state index in [1.54, 1.807) is 11.8 Å². The highest BCUT2D eigenvalue weighted by molar-refractivity contribution is 6.35. The normalized spacial score (nSPS) is 11.2. The lowest BCUT2D eigenvalue weighted by Gasteiger charge is -2.13. The van der Waals surface area contributed by atoms with Gasteiger partial charge in [0.25, 0.3) is 0 Å². The molecule has 29 heavy (non-hydrogen) atoms. The summed E-state index contributed by atoms with van der Waals surface area (Å²) in [4.78, 5) is 8.41. The van der Waals surface area contributed by atoms with Crippen LogP contribution >= 0.6 is 11.6 Å². The Morgan fingerprint density at radius 2 is 1.93 bits per heavy atom. The molecule has 0 saturated heterocycles. The number of aryl methyl sites for hydroxylation is 1. The quantitative estimate of drug-likeness (QED) is 0.315. The molecule has 0 spiro atoms. The molecule has 4 rings (SSSR count). The van der Waals surface area contributed by atoms with Crippen molar-refractivity contribution in [1.82, 2.24) is 19.7 Å². The Balaban J connectivity index is 1.94. The highest BCUT2D eigenvalue weighted by atomic mass is 35.5. The number of methoxy groups -OCH3 is 1. The predicted octanol–water partition coefficient (Wildman–Crippen LogP) is 3.04. The summed E-state index contributed by atoms with van der Waals surface area (Å²) in [5, 5.41) is 18.1. The molecule has 0 atom stereocenters. The van der Waals surface area contributed by atoms with Gasteiger partial charge in [-0.2, -0.15) is 14.8 Å². The topological polar surface area (TPSA) is 106 Å². The van der Waals surface area contributed by atoms with Crippen molar-refractivity contribution in [2.24, 2.45) is 0 Å². The van der Waals surface area contributed by atoms with Crippen molar-refractivity contribution in [3.63, 3.8) is 0 Å². The van der Waals surface area contributed by atoms with Gasteiger partial charge in [0.2, 0.25) is 11.6 Å². The monoisotopic (exact) mass is 410 g/mol. The van der Waals surface area contributed by atoms with Crippen LogP contribution in [0.25, 0.3) is 22.3 Å². The van der Waals surface area contributed by atoms with Gasteiger partial charge in [-0.3, -0.25) is 0 Å². The van der Waals surface area contributed by atoms with Crippen LogP contribution in [0.15, 0.2) is 36.5 Å². The highest BCUT2D eigenvalue weighted by Gasteiger charge is 2.23. The molecule has 8 nitrogen and oxygen atoms in total. The Hall–Kier alpha value is -3.39. The van der Waals surface area contributed by atoms with Crippen LogP contribution in [0.5, 0.6) is 5.75 Å². The second-order valence-corrected chi connectivity index (χ2v) is 7.04. The number of ether oxygens (including phenoxy) is 1. The number of benzene rings is 1. The first kappa shape index (κ1) is 18.9. The first-order valence-corrected chi connectivity index (χ1v) is 9.29. The molecule has 0 aliphatic rings. The smallest absolute Gasteiger partial charge is 0.223 e. The van der Waals surface area contributed by atoms with Gasteiger partial charge in [-0.25, -0.2) is 9.67 Å². The molecule has 0 amide bonds. The van der Waals surface area contributed by atoms with E-state index in [0.29, 0.717) is 28.2 Å². The molecule has 4 aromatic rings. The lowest BCUT2D eigenvalue weighted by atomic mass is 10.1. The van der Waals surface area contributed by atoms with Crippen LogP contribution in [0, 0.1) is 19.1 Å². The molecule has 9 heteroatoms. The van der Waals surface area contributed by atoms with Crippen molar-refractivity contribution in [3.05, 3.63) is 63.7 Å². The molecule has 0 aliphatic heterocycles. The zero-order chi connectivity index (χ0) is 20.7. The Morgan fingerprint density at radius 1 is 1.21 bits per heavy atom. The minimum Gasteiger partial charge on any atom is -0.618 e. The van der Waals surface area contributed by atoms with Crippen LogP contribution in [0.2, 0.25) is 5.15 Å². The molecule has 148 valence electrons. The van der Waals surface area contributed by atoms with E-state index in [9.17, 15) is 5.21 Å². The number of anilines is 1. The maximum atomic E-state index is 12.6. The van der Waals surface area contributed by atoms with Crippen LogP contribution in [0.4, 0.5) is 5.95 Å². The van der Waals surface area contributed by atoms with E-state index in [-0.39, 0.29) is 17.6 Å². The van der Waals surface area contributed by atoms with E-state index in [4.69, 9.17) is 27.2 Å². The molecule has 3 aromatic heterocycles. The zero-order valence-electron chi connectivity index (χ0n) is 16.2. The third-order valence-electron chi connectivity index (χ3n) is 4.82. The van der Waals surface area contributed by atoms with Crippen LogP contribution in [0.3, 0.4) is 0 Å². The third-order valence-corrected chi connectivity index (χ3v) is 5.10. The fourth-order valence-electron chi connectivity index (χ4n) is 3.50. The number of nitrogens with zero attached hydrogens (tertiary/aromatic N) is 5. The largest absolute Gasteiger partial charge is 0.618 e. The molecule has 0 bridgehead atoms. The minimum absolute atomic E-state index is 0.0384. The number of halogens is 1. The van der Waals surface area contributed by atoms with E-state index < -0.39 is 0 Å². The molecule has 0 saturated carbocycles. The zero-order valence-corrected chi connectivity index (χ0v) is 16.9. The standard InChI is InChI=1S/C20H19ClN6O2/c1-11-9-27(28)14(12(2)17(11)29-3)10-26-19-15(18(21)23-20(22)24-19)16(25-26)13-7-5-4-6-8-13/h4-9H,10H2,1-3H3,(H2,22,23,24). The summed E-state index contributed by atoms with van der Waals surface area (Å²) in [6.45, 7) is 3.84. The number of pyridine rings is 1. The van der Waals surface area contributed by atoms with E-state index >= 15 is 0 Å². The van der Waals surface area contributed by atoms with E-state index in [1.165, 1.54) is 6.20 Å². The van der Waals surface area contributed by atoms with Crippen molar-refractivity contribution in [2.75, 3.05) is 12.8 Å². The van der Waals surface area contributed by atoms with Gasteiger partial charge in [0.05, 0.1) is 23.6 Å². The molecular formula is C20H19ClN6O2. The van der Waals surface area contributed by atoms with Crippen molar-refractivity contribution in [1.29, 1.82) is 0 Å². The summed E-state index contributed by atoms with van der Waals surface area (Å²) < 4.78 is 7.91. The molecular weight excluding hydrogens is 392 g/mol. The van der Waals surface area contributed by atoms with Gasteiger partial charge in [0, 0.05) is 5.56 Å². The number of aromatic nitrogens is 5. The predicted molar refractivity (Wildman–Crippen MR) is 111 cm³/mol. The first-order valence-electron chi connectivity index (χ1n) is 8.92. The number of hydrogen-bond donors (Lipinski definition) is 1. The summed E-state index contributed by atoms with van der Waals surface area (Å²) in [7, 11) is 1.58. The average Bonchev–Trinajstić information content (AvgIpc) is 3.04. The fourth-order valence-corrected chi connectivity index (χ4v) is 3.76. The van der Waals surface area contributed by atoms with Crippen LogP contribution in [-0.4, -0.2) is 26.9 Å². The van der Waals surface area contributed by atoms with Crippen LogP contribution in [0.1, 0.15) is 16.8 Å². The van der Waals surface area contributed by atoms with E-state index in [1.807, 2.05) is 44.2 Å². The van der Waals surface area contributed by atoms with Gasteiger partial charge in [-0.05, 0) is 13.8 Å². The number of hydrogen-bond acceptors (Lipinski definition) is 6. The van der Waals surface area contributed by atoms with Crippen molar-refractivity contribution in [2.45, 2.75) is 20.4 Å². The van der Waals surface area contributed by atoms with E-state index in [0.717, 1.165) is 21.4 Å².